The lowest BCUT2D eigenvalue weighted by atomic mass is 9.97. The van der Waals surface area contributed by atoms with Crippen molar-refractivity contribution in [3.8, 4) is 0 Å². The molecule has 3 aromatic rings. The first-order valence-corrected chi connectivity index (χ1v) is 11.0. The van der Waals surface area contributed by atoms with Gasteiger partial charge >= 0.3 is 6.09 Å². The largest absolute Gasteiger partial charge is 0.444 e. The van der Waals surface area contributed by atoms with Crippen molar-refractivity contribution in [3.05, 3.63) is 48.4 Å². The molecule has 0 radical (unpaired) electrons. The van der Waals surface area contributed by atoms with Crippen LogP contribution in [-0.2, 0) is 15.1 Å². The molecule has 0 saturated heterocycles. The van der Waals surface area contributed by atoms with E-state index in [2.05, 4.69) is 32.5 Å². The van der Waals surface area contributed by atoms with Crippen molar-refractivity contribution in [2.45, 2.75) is 52.2 Å². The minimum atomic E-state index is -0.913. The van der Waals surface area contributed by atoms with Gasteiger partial charge in [0.15, 0.2) is 5.82 Å². The molecule has 2 amide bonds. The summed E-state index contributed by atoms with van der Waals surface area (Å²) in [6, 6.07) is 5.63. The Labute approximate surface area is 192 Å². The number of fused-ring (bicyclic) bond motifs is 1. The van der Waals surface area contributed by atoms with Crippen LogP contribution in [-0.4, -0.2) is 55.3 Å². The van der Waals surface area contributed by atoms with E-state index in [0.717, 1.165) is 23.0 Å². The van der Waals surface area contributed by atoms with Gasteiger partial charge in [0.2, 0.25) is 5.91 Å². The van der Waals surface area contributed by atoms with E-state index >= 15 is 0 Å². The van der Waals surface area contributed by atoms with E-state index in [9.17, 15) is 9.59 Å². The molecular weight excluding hydrogens is 420 g/mol. The second-order valence-corrected chi connectivity index (χ2v) is 9.66. The number of anilines is 1. The molecule has 9 nitrogen and oxygen atoms in total. The number of ether oxygens (including phenoxy) is 1. The molecule has 0 bridgehead atoms. The fraction of sp³-hybridized carbons (Fsp3) is 0.417. The molecule has 0 fully saturated rings. The SMILES string of the molecule is CC(C)(C)OC(=O)Nc1ccn(C(C)(C)C(=O)N2CC=C(c3c[nH]c4ncccc34)CC2)n1. The van der Waals surface area contributed by atoms with Crippen molar-refractivity contribution < 1.29 is 14.3 Å². The van der Waals surface area contributed by atoms with E-state index in [0.29, 0.717) is 18.9 Å². The Morgan fingerprint density at radius 2 is 1.97 bits per heavy atom. The number of aromatic nitrogens is 4. The third kappa shape index (κ3) is 4.76. The van der Waals surface area contributed by atoms with Crippen LogP contribution in [0, 0.1) is 0 Å². The average Bonchev–Trinajstić information content (AvgIpc) is 3.39. The van der Waals surface area contributed by atoms with E-state index in [4.69, 9.17) is 4.74 Å². The lowest BCUT2D eigenvalue weighted by Gasteiger charge is -2.34. The lowest BCUT2D eigenvalue weighted by molar-refractivity contribution is -0.139. The third-order valence-electron chi connectivity index (χ3n) is 5.61. The topological polar surface area (TPSA) is 105 Å². The zero-order valence-electron chi connectivity index (χ0n) is 19.7. The molecule has 33 heavy (non-hydrogen) atoms. The molecule has 0 aliphatic carbocycles. The number of hydrogen-bond acceptors (Lipinski definition) is 5. The molecule has 4 heterocycles. The number of carbonyl (C=O) groups is 2. The maximum Gasteiger partial charge on any atom is 0.413 e. The van der Waals surface area contributed by atoms with Crippen LogP contribution in [0.1, 0.15) is 46.6 Å². The van der Waals surface area contributed by atoms with Crippen LogP contribution in [0.15, 0.2) is 42.9 Å². The van der Waals surface area contributed by atoms with Gasteiger partial charge in [-0.05, 0) is 58.7 Å². The van der Waals surface area contributed by atoms with Gasteiger partial charge in [0.05, 0.1) is 0 Å². The molecule has 0 aromatic carbocycles. The van der Waals surface area contributed by atoms with Gasteiger partial charge in [-0.15, -0.1) is 0 Å². The van der Waals surface area contributed by atoms with Crippen LogP contribution >= 0.6 is 0 Å². The normalized spacial score (nSPS) is 14.8. The maximum atomic E-state index is 13.4. The second-order valence-electron chi connectivity index (χ2n) is 9.66. The Balaban J connectivity index is 1.44. The van der Waals surface area contributed by atoms with Crippen LogP contribution in [0.5, 0.6) is 0 Å². The van der Waals surface area contributed by atoms with E-state index in [1.54, 1.807) is 43.9 Å². The Morgan fingerprint density at radius 3 is 2.67 bits per heavy atom. The molecule has 0 unspecified atom stereocenters. The highest BCUT2D eigenvalue weighted by Gasteiger charge is 2.35. The predicted molar refractivity (Wildman–Crippen MR) is 127 cm³/mol. The number of rotatable bonds is 4. The van der Waals surface area contributed by atoms with Crippen LogP contribution in [0.25, 0.3) is 16.6 Å². The molecule has 0 atom stereocenters. The number of aromatic amines is 1. The van der Waals surface area contributed by atoms with E-state index < -0.39 is 17.2 Å². The minimum absolute atomic E-state index is 0.0367. The maximum absolute atomic E-state index is 13.4. The first-order chi connectivity index (χ1) is 15.5. The fourth-order valence-electron chi connectivity index (χ4n) is 3.91. The van der Waals surface area contributed by atoms with E-state index in [1.807, 2.05) is 31.0 Å². The fourth-order valence-corrected chi connectivity index (χ4v) is 3.91. The molecular formula is C24H30N6O3. The average molecular weight is 451 g/mol. The molecule has 1 aliphatic heterocycles. The van der Waals surface area contributed by atoms with Gasteiger partial charge in [-0.2, -0.15) is 5.10 Å². The van der Waals surface area contributed by atoms with Crippen LogP contribution < -0.4 is 5.32 Å². The zero-order valence-corrected chi connectivity index (χ0v) is 19.7. The summed E-state index contributed by atoms with van der Waals surface area (Å²) in [4.78, 5) is 34.8. The third-order valence-corrected chi connectivity index (χ3v) is 5.61. The van der Waals surface area contributed by atoms with Gasteiger partial charge in [0, 0.05) is 48.7 Å². The van der Waals surface area contributed by atoms with Crippen molar-refractivity contribution in [1.82, 2.24) is 24.6 Å². The Hall–Kier alpha value is -3.62. The highest BCUT2D eigenvalue weighted by molar-refractivity contribution is 5.91. The summed E-state index contributed by atoms with van der Waals surface area (Å²) in [5, 5.41) is 8.09. The lowest BCUT2D eigenvalue weighted by Crippen LogP contribution is -2.48. The van der Waals surface area contributed by atoms with Crippen molar-refractivity contribution >= 4 is 34.4 Å². The number of H-pyrrole nitrogens is 1. The van der Waals surface area contributed by atoms with Gasteiger partial charge in [-0.3, -0.25) is 14.8 Å². The van der Waals surface area contributed by atoms with E-state index in [1.165, 1.54) is 5.57 Å². The zero-order chi connectivity index (χ0) is 23.8. The number of pyridine rings is 1. The van der Waals surface area contributed by atoms with Gasteiger partial charge in [-0.1, -0.05) is 6.08 Å². The number of carbonyl (C=O) groups excluding carboxylic acids is 2. The highest BCUT2D eigenvalue weighted by Crippen LogP contribution is 2.30. The predicted octanol–water partition coefficient (Wildman–Crippen LogP) is 4.16. The summed E-state index contributed by atoms with van der Waals surface area (Å²) in [6.45, 7) is 10.2. The van der Waals surface area contributed by atoms with Crippen molar-refractivity contribution in [2.75, 3.05) is 18.4 Å². The number of hydrogen-bond donors (Lipinski definition) is 2. The summed E-state index contributed by atoms with van der Waals surface area (Å²) < 4.78 is 6.84. The van der Waals surface area contributed by atoms with Gasteiger partial charge in [0.1, 0.15) is 16.8 Å². The smallest absolute Gasteiger partial charge is 0.413 e. The van der Waals surface area contributed by atoms with Gasteiger partial charge in [0.25, 0.3) is 0 Å². The van der Waals surface area contributed by atoms with Crippen LogP contribution in [0.4, 0.5) is 10.6 Å². The van der Waals surface area contributed by atoms with Crippen molar-refractivity contribution in [3.63, 3.8) is 0 Å². The second kappa shape index (κ2) is 8.38. The van der Waals surface area contributed by atoms with Crippen molar-refractivity contribution in [1.29, 1.82) is 0 Å². The Bertz CT molecular complexity index is 1210. The monoisotopic (exact) mass is 450 g/mol. The summed E-state index contributed by atoms with van der Waals surface area (Å²) in [5.41, 5.74) is 1.69. The standard InChI is InChI=1S/C24H30N6O3/c1-23(2,3)33-22(32)27-19-10-14-30(28-19)24(4,5)21(31)29-12-8-16(9-13-29)18-15-26-20-17(18)7-6-11-25-20/h6-8,10-11,14-15H,9,12-13H2,1-5H3,(H,25,26)(H,27,28,32). The van der Waals surface area contributed by atoms with Crippen LogP contribution in [0.3, 0.4) is 0 Å². The minimum Gasteiger partial charge on any atom is -0.444 e. The highest BCUT2D eigenvalue weighted by atomic mass is 16.6. The molecule has 174 valence electrons. The van der Waals surface area contributed by atoms with E-state index in [-0.39, 0.29) is 5.91 Å². The first kappa shape index (κ1) is 22.6. The summed E-state index contributed by atoms with van der Waals surface area (Å²) in [5.74, 6) is 0.296. The molecule has 4 rings (SSSR count). The Morgan fingerprint density at radius 1 is 1.18 bits per heavy atom. The molecule has 9 heteroatoms. The van der Waals surface area contributed by atoms with Crippen LogP contribution in [0.2, 0.25) is 0 Å². The number of nitrogens with zero attached hydrogens (tertiary/aromatic N) is 4. The molecule has 0 spiro atoms. The van der Waals surface area contributed by atoms with Gasteiger partial charge < -0.3 is 14.6 Å². The summed E-state index contributed by atoms with van der Waals surface area (Å²) in [7, 11) is 0. The molecule has 2 N–H and O–H groups in total. The number of amides is 2. The molecule has 1 aliphatic rings. The summed E-state index contributed by atoms with van der Waals surface area (Å²) >= 11 is 0. The Kier molecular flexibility index (Phi) is 5.73. The summed E-state index contributed by atoms with van der Waals surface area (Å²) in [6.07, 6.45) is 7.71. The molecule has 3 aromatic heterocycles. The van der Waals surface area contributed by atoms with Crippen molar-refractivity contribution in [2.24, 2.45) is 0 Å². The van der Waals surface area contributed by atoms with Gasteiger partial charge in [-0.25, -0.2) is 9.78 Å². The number of nitrogens with one attached hydrogen (secondary N) is 2. The first-order valence-electron chi connectivity index (χ1n) is 11.0. The quantitative estimate of drug-likeness (QED) is 0.621. The molecule has 0 saturated carbocycles.